The van der Waals surface area contributed by atoms with Crippen LogP contribution in [0.1, 0.15) is 30.7 Å². The Morgan fingerprint density at radius 3 is 2.83 bits per heavy atom. The summed E-state index contributed by atoms with van der Waals surface area (Å²) in [5.74, 6) is 0.820. The number of rotatable bonds is 7. The van der Waals surface area contributed by atoms with E-state index in [1.807, 2.05) is 30.3 Å². The van der Waals surface area contributed by atoms with Crippen LogP contribution in [0.2, 0.25) is 0 Å². The van der Waals surface area contributed by atoms with E-state index in [1.165, 1.54) is 11.3 Å². The van der Waals surface area contributed by atoms with Crippen LogP contribution in [-0.4, -0.2) is 26.2 Å². The second-order valence-electron chi connectivity index (χ2n) is 5.18. The van der Waals surface area contributed by atoms with Crippen molar-refractivity contribution in [3.05, 3.63) is 41.2 Å². The van der Waals surface area contributed by atoms with Crippen molar-refractivity contribution in [2.24, 2.45) is 0 Å². The van der Waals surface area contributed by atoms with Crippen LogP contribution in [0.25, 0.3) is 11.4 Å². The fourth-order valence-electron chi connectivity index (χ4n) is 2.08. The van der Waals surface area contributed by atoms with Crippen LogP contribution in [0.4, 0.5) is 5.13 Å². The average molecular weight is 343 g/mol. The minimum atomic E-state index is -0.145. The number of aromatic nitrogens is 4. The zero-order valence-electron chi connectivity index (χ0n) is 13.2. The number of benzene rings is 1. The third-order valence-electron chi connectivity index (χ3n) is 3.24. The predicted octanol–water partition coefficient (Wildman–Crippen LogP) is 3.11. The van der Waals surface area contributed by atoms with Gasteiger partial charge in [0.25, 0.3) is 0 Å². The smallest absolute Gasteiger partial charge is 0.227 e. The number of nitrogens with zero attached hydrogens (tertiary/aromatic N) is 4. The van der Waals surface area contributed by atoms with Gasteiger partial charge in [-0.25, -0.2) is 0 Å². The van der Waals surface area contributed by atoms with Crippen molar-refractivity contribution in [1.82, 2.24) is 20.3 Å². The number of nitrogens with one attached hydrogen (secondary N) is 1. The minimum absolute atomic E-state index is 0.145. The molecule has 1 amide bonds. The zero-order valence-corrected chi connectivity index (χ0v) is 14.0. The maximum atomic E-state index is 12.0. The fourth-order valence-corrected chi connectivity index (χ4v) is 2.94. The Labute approximate surface area is 143 Å². The maximum absolute atomic E-state index is 12.0. The molecule has 124 valence electrons. The van der Waals surface area contributed by atoms with Crippen molar-refractivity contribution in [2.75, 3.05) is 5.32 Å². The Balaban J connectivity index is 1.52. The van der Waals surface area contributed by atoms with Gasteiger partial charge >= 0.3 is 0 Å². The molecule has 0 spiro atoms. The van der Waals surface area contributed by atoms with Crippen LogP contribution in [0.3, 0.4) is 0 Å². The summed E-state index contributed by atoms with van der Waals surface area (Å²) in [5.41, 5.74) is 0.884. The standard InChI is InChI=1S/C16H17N5O2S/c1-2-6-14-19-20-16(24-14)17-12(22)9-10-13-18-15(21-23-13)11-7-4-3-5-8-11/h3-5,7-8H,2,6,9-10H2,1H3,(H,17,20,22). The highest BCUT2D eigenvalue weighted by Gasteiger charge is 2.12. The normalized spacial score (nSPS) is 10.7. The lowest BCUT2D eigenvalue weighted by Crippen LogP contribution is -2.12. The molecule has 1 aromatic carbocycles. The molecule has 0 unspecified atom stereocenters. The Morgan fingerprint density at radius 2 is 2.04 bits per heavy atom. The SMILES string of the molecule is CCCc1nnc(NC(=O)CCc2nc(-c3ccccc3)no2)s1. The van der Waals surface area contributed by atoms with Crippen molar-refractivity contribution < 1.29 is 9.32 Å². The van der Waals surface area contributed by atoms with Gasteiger partial charge in [-0.15, -0.1) is 10.2 Å². The average Bonchev–Trinajstić information content (AvgIpc) is 3.24. The molecule has 0 aliphatic heterocycles. The van der Waals surface area contributed by atoms with Gasteiger partial charge in [0.15, 0.2) is 0 Å². The topological polar surface area (TPSA) is 93.8 Å². The molecule has 0 aliphatic carbocycles. The summed E-state index contributed by atoms with van der Waals surface area (Å²) in [6, 6.07) is 9.56. The van der Waals surface area contributed by atoms with Gasteiger partial charge in [0.1, 0.15) is 5.01 Å². The molecule has 0 radical (unpaired) electrons. The molecule has 8 heteroatoms. The lowest BCUT2D eigenvalue weighted by molar-refractivity contribution is -0.116. The number of carbonyl (C=O) groups excluding carboxylic acids is 1. The molecule has 0 aliphatic rings. The van der Waals surface area contributed by atoms with Crippen LogP contribution >= 0.6 is 11.3 Å². The molecule has 0 saturated carbocycles. The first kappa shape index (κ1) is 16.3. The largest absolute Gasteiger partial charge is 0.339 e. The summed E-state index contributed by atoms with van der Waals surface area (Å²) in [4.78, 5) is 16.3. The van der Waals surface area contributed by atoms with Gasteiger partial charge in [0, 0.05) is 24.8 Å². The lowest BCUT2D eigenvalue weighted by Gasteiger charge is -1.98. The van der Waals surface area contributed by atoms with E-state index in [2.05, 4.69) is 32.6 Å². The molecule has 0 bridgehead atoms. The number of amides is 1. The molecule has 2 aromatic heterocycles. The van der Waals surface area contributed by atoms with Gasteiger partial charge in [-0.1, -0.05) is 53.7 Å². The molecular formula is C16H17N5O2S. The van der Waals surface area contributed by atoms with Gasteiger partial charge in [-0.2, -0.15) is 4.98 Å². The van der Waals surface area contributed by atoms with Crippen LogP contribution in [-0.2, 0) is 17.6 Å². The predicted molar refractivity (Wildman–Crippen MR) is 90.6 cm³/mol. The molecule has 0 saturated heterocycles. The van der Waals surface area contributed by atoms with E-state index in [0.717, 1.165) is 23.4 Å². The van der Waals surface area contributed by atoms with Crippen LogP contribution in [0.15, 0.2) is 34.9 Å². The lowest BCUT2D eigenvalue weighted by atomic mass is 10.2. The number of hydrogen-bond donors (Lipinski definition) is 1. The van der Waals surface area contributed by atoms with E-state index in [0.29, 0.717) is 23.3 Å². The van der Waals surface area contributed by atoms with Crippen LogP contribution < -0.4 is 5.32 Å². The Hall–Kier alpha value is -2.61. The quantitative estimate of drug-likeness (QED) is 0.708. The summed E-state index contributed by atoms with van der Waals surface area (Å²) >= 11 is 1.40. The Bertz CT molecular complexity index is 800. The van der Waals surface area contributed by atoms with Crippen molar-refractivity contribution in [3.63, 3.8) is 0 Å². The van der Waals surface area contributed by atoms with Gasteiger partial charge in [-0.05, 0) is 6.42 Å². The third kappa shape index (κ3) is 4.23. The Morgan fingerprint density at radius 1 is 1.21 bits per heavy atom. The number of carbonyl (C=O) groups is 1. The van der Waals surface area contributed by atoms with Crippen molar-refractivity contribution in [3.8, 4) is 11.4 Å². The second kappa shape index (κ2) is 7.78. The zero-order chi connectivity index (χ0) is 16.8. The molecule has 24 heavy (non-hydrogen) atoms. The van der Waals surface area contributed by atoms with Gasteiger partial charge < -0.3 is 9.84 Å². The fraction of sp³-hybridized carbons (Fsp3) is 0.312. The highest BCUT2D eigenvalue weighted by atomic mass is 32.1. The molecule has 3 aromatic rings. The molecular weight excluding hydrogens is 326 g/mol. The van der Waals surface area contributed by atoms with E-state index in [-0.39, 0.29) is 12.3 Å². The first-order valence-electron chi connectivity index (χ1n) is 7.75. The van der Waals surface area contributed by atoms with Gasteiger partial charge in [-0.3, -0.25) is 4.79 Å². The summed E-state index contributed by atoms with van der Waals surface area (Å²) in [7, 11) is 0. The second-order valence-corrected chi connectivity index (χ2v) is 6.24. The van der Waals surface area contributed by atoms with Crippen molar-refractivity contribution in [1.29, 1.82) is 0 Å². The summed E-state index contributed by atoms with van der Waals surface area (Å²) in [6.45, 7) is 2.08. The molecule has 0 atom stereocenters. The summed E-state index contributed by atoms with van der Waals surface area (Å²) in [5, 5.41) is 16.1. The number of aryl methyl sites for hydroxylation is 2. The van der Waals surface area contributed by atoms with E-state index >= 15 is 0 Å². The number of hydrogen-bond acceptors (Lipinski definition) is 7. The summed E-state index contributed by atoms with van der Waals surface area (Å²) < 4.78 is 5.19. The van der Waals surface area contributed by atoms with E-state index in [4.69, 9.17) is 4.52 Å². The van der Waals surface area contributed by atoms with Crippen LogP contribution in [0.5, 0.6) is 0 Å². The minimum Gasteiger partial charge on any atom is -0.339 e. The first-order chi connectivity index (χ1) is 11.7. The first-order valence-corrected chi connectivity index (χ1v) is 8.56. The molecule has 3 rings (SSSR count). The van der Waals surface area contributed by atoms with E-state index in [1.54, 1.807) is 0 Å². The van der Waals surface area contributed by atoms with Gasteiger partial charge in [0.2, 0.25) is 22.8 Å². The highest BCUT2D eigenvalue weighted by Crippen LogP contribution is 2.18. The molecule has 0 fully saturated rings. The summed E-state index contributed by atoms with van der Waals surface area (Å²) in [6.07, 6.45) is 2.51. The number of anilines is 1. The van der Waals surface area contributed by atoms with E-state index < -0.39 is 0 Å². The maximum Gasteiger partial charge on any atom is 0.227 e. The molecule has 2 heterocycles. The molecule has 1 N–H and O–H groups in total. The van der Waals surface area contributed by atoms with Crippen molar-refractivity contribution in [2.45, 2.75) is 32.6 Å². The van der Waals surface area contributed by atoms with Crippen molar-refractivity contribution >= 4 is 22.4 Å². The molecule has 7 nitrogen and oxygen atoms in total. The van der Waals surface area contributed by atoms with Crippen LogP contribution in [0, 0.1) is 0 Å². The third-order valence-corrected chi connectivity index (χ3v) is 4.14. The highest BCUT2D eigenvalue weighted by molar-refractivity contribution is 7.15. The monoisotopic (exact) mass is 343 g/mol. The Kier molecular flexibility index (Phi) is 5.27. The van der Waals surface area contributed by atoms with E-state index in [9.17, 15) is 4.79 Å². The van der Waals surface area contributed by atoms with Gasteiger partial charge in [0.05, 0.1) is 0 Å².